The number of aliphatic hydroxyl groups is 2. The van der Waals surface area contributed by atoms with Crippen molar-refractivity contribution in [2.75, 3.05) is 0 Å². The third-order valence-corrected chi connectivity index (χ3v) is 12.3. The second-order valence-corrected chi connectivity index (χ2v) is 14.8. The molecule has 190 valence electrons. The Kier molecular flexibility index (Phi) is 5.06. The molecule has 4 nitrogen and oxygen atoms in total. The van der Waals surface area contributed by atoms with Gasteiger partial charge in [0.25, 0.3) is 0 Å². The zero-order chi connectivity index (χ0) is 25.1. The van der Waals surface area contributed by atoms with E-state index in [1.54, 1.807) is 0 Å². The van der Waals surface area contributed by atoms with Crippen LogP contribution in [0.5, 0.6) is 0 Å². The van der Waals surface area contributed by atoms with Crippen molar-refractivity contribution in [3.63, 3.8) is 0 Å². The molecule has 0 amide bonds. The Morgan fingerprint density at radius 1 is 0.912 bits per heavy atom. The Bertz CT molecular complexity index is 974. The number of rotatable bonds is 1. The monoisotopic (exact) mass is 470 g/mol. The van der Waals surface area contributed by atoms with Gasteiger partial charge in [0, 0.05) is 5.41 Å². The zero-order valence-electron chi connectivity index (χ0n) is 22.4. The van der Waals surface area contributed by atoms with Crippen molar-refractivity contribution in [3.8, 4) is 0 Å². The van der Waals surface area contributed by atoms with Crippen molar-refractivity contribution in [2.24, 2.45) is 44.3 Å². The van der Waals surface area contributed by atoms with Crippen molar-refractivity contribution < 1.29 is 20.1 Å². The minimum absolute atomic E-state index is 0.000318. The molecule has 0 bridgehead atoms. The maximum Gasteiger partial charge on any atom is 0.310 e. The van der Waals surface area contributed by atoms with E-state index in [0.717, 1.165) is 44.9 Å². The number of allylic oxidation sites excluding steroid dienone is 3. The summed E-state index contributed by atoms with van der Waals surface area (Å²) in [5.41, 5.74) is 1.61. The topological polar surface area (TPSA) is 77.8 Å². The third kappa shape index (κ3) is 2.82. The second kappa shape index (κ2) is 7.00. The van der Waals surface area contributed by atoms with Crippen LogP contribution in [0, 0.1) is 44.3 Å². The molecule has 0 unspecified atom stereocenters. The lowest BCUT2D eigenvalue weighted by molar-refractivity contribution is -0.169. The van der Waals surface area contributed by atoms with E-state index < -0.39 is 29.0 Å². The first-order valence-corrected chi connectivity index (χ1v) is 13.6. The summed E-state index contributed by atoms with van der Waals surface area (Å²) in [7, 11) is 0. The van der Waals surface area contributed by atoms with Gasteiger partial charge in [-0.15, -0.1) is 0 Å². The summed E-state index contributed by atoms with van der Waals surface area (Å²) in [4.78, 5) is 12.8. The van der Waals surface area contributed by atoms with E-state index in [4.69, 9.17) is 0 Å². The van der Waals surface area contributed by atoms with Gasteiger partial charge in [-0.25, -0.2) is 0 Å². The summed E-state index contributed by atoms with van der Waals surface area (Å²) in [6.07, 6.45) is 10.3. The molecule has 3 fully saturated rings. The minimum atomic E-state index is -0.739. The molecule has 0 aliphatic heterocycles. The third-order valence-electron chi connectivity index (χ3n) is 12.3. The highest BCUT2D eigenvalue weighted by molar-refractivity contribution is 5.76. The fraction of sp³-hybridized carbons (Fsp3) is 0.833. The SMILES string of the molecule is CC1(C)CC[C@]2(C(=O)O)CC[C@]3(C)C(=CC[C@@H]4[C@@]5(C)C[C@@H](O)[C@H](O)C(C)(C)C5=CC[C@]43C)[C@@H]2C1. The van der Waals surface area contributed by atoms with Crippen LogP contribution in [0.4, 0.5) is 0 Å². The molecule has 0 spiro atoms. The molecular formula is C30H46O4. The van der Waals surface area contributed by atoms with Crippen LogP contribution in [0.1, 0.15) is 99.8 Å². The maximum absolute atomic E-state index is 12.8. The van der Waals surface area contributed by atoms with E-state index in [-0.39, 0.29) is 27.6 Å². The molecule has 3 saturated carbocycles. The largest absolute Gasteiger partial charge is 0.481 e. The molecule has 8 atom stereocenters. The minimum Gasteiger partial charge on any atom is -0.481 e. The summed E-state index contributed by atoms with van der Waals surface area (Å²) in [6, 6.07) is 0. The number of hydrogen-bond donors (Lipinski definition) is 3. The molecule has 34 heavy (non-hydrogen) atoms. The molecule has 5 rings (SSSR count). The lowest BCUT2D eigenvalue weighted by Gasteiger charge is -2.69. The number of carboxylic acids is 1. The first kappa shape index (κ1) is 24.6. The van der Waals surface area contributed by atoms with Crippen molar-refractivity contribution in [3.05, 3.63) is 23.3 Å². The fourth-order valence-electron chi connectivity index (χ4n) is 10.0. The van der Waals surface area contributed by atoms with Crippen LogP contribution in [0.3, 0.4) is 0 Å². The van der Waals surface area contributed by atoms with E-state index in [0.29, 0.717) is 12.3 Å². The molecule has 0 aromatic heterocycles. The van der Waals surface area contributed by atoms with Crippen LogP contribution in [0.15, 0.2) is 23.3 Å². The molecule has 4 heteroatoms. The molecule has 3 N–H and O–H groups in total. The van der Waals surface area contributed by atoms with Gasteiger partial charge >= 0.3 is 5.97 Å². The standard InChI is InChI=1S/C30H46O4/c1-25(2)12-14-30(24(33)34)15-13-28(6)18(19(30)16-25)8-9-22-27(5)17-20(31)23(32)26(3,4)21(27)10-11-29(22,28)7/h8,10,19-20,22-23,31-32H,9,11-17H2,1-7H3,(H,33,34)/t19-,20+,22+,23-,27-,28+,29+,30-/m0/s1. The molecule has 0 saturated heterocycles. The molecule has 0 aromatic rings. The van der Waals surface area contributed by atoms with Gasteiger partial charge in [-0.05, 0) is 84.9 Å². The Morgan fingerprint density at radius 2 is 1.56 bits per heavy atom. The van der Waals surface area contributed by atoms with Gasteiger partial charge in [-0.3, -0.25) is 4.79 Å². The van der Waals surface area contributed by atoms with E-state index in [9.17, 15) is 20.1 Å². The van der Waals surface area contributed by atoms with Crippen LogP contribution in [-0.2, 0) is 4.79 Å². The molecule has 0 radical (unpaired) electrons. The Morgan fingerprint density at radius 3 is 2.21 bits per heavy atom. The summed E-state index contributed by atoms with van der Waals surface area (Å²) < 4.78 is 0. The first-order valence-electron chi connectivity index (χ1n) is 13.6. The molecule has 5 aliphatic rings. The van der Waals surface area contributed by atoms with E-state index in [2.05, 4.69) is 60.6 Å². The molecule has 5 aliphatic carbocycles. The van der Waals surface area contributed by atoms with Gasteiger partial charge in [0.2, 0.25) is 0 Å². The van der Waals surface area contributed by atoms with E-state index >= 15 is 0 Å². The summed E-state index contributed by atoms with van der Waals surface area (Å²) in [6.45, 7) is 16.0. The van der Waals surface area contributed by atoms with Gasteiger partial charge in [-0.1, -0.05) is 71.8 Å². The molecule has 0 heterocycles. The van der Waals surface area contributed by atoms with Crippen molar-refractivity contribution in [2.45, 2.75) is 112 Å². The molecule has 0 aromatic carbocycles. The Hall–Kier alpha value is -1.13. The van der Waals surface area contributed by atoms with Crippen LogP contribution in [0.2, 0.25) is 0 Å². The van der Waals surface area contributed by atoms with Crippen molar-refractivity contribution >= 4 is 5.97 Å². The highest BCUT2D eigenvalue weighted by Crippen LogP contribution is 2.74. The van der Waals surface area contributed by atoms with Crippen molar-refractivity contribution in [1.29, 1.82) is 0 Å². The summed E-state index contributed by atoms with van der Waals surface area (Å²) in [5, 5.41) is 32.3. The lowest BCUT2D eigenvalue weighted by atomic mass is 9.35. The number of carbonyl (C=O) groups is 1. The average molecular weight is 471 g/mol. The Balaban J connectivity index is 1.63. The van der Waals surface area contributed by atoms with Gasteiger partial charge in [-0.2, -0.15) is 0 Å². The van der Waals surface area contributed by atoms with E-state index in [1.807, 2.05) is 0 Å². The molecular weight excluding hydrogens is 424 g/mol. The second-order valence-electron chi connectivity index (χ2n) is 14.8. The summed E-state index contributed by atoms with van der Waals surface area (Å²) >= 11 is 0. The zero-order valence-corrected chi connectivity index (χ0v) is 22.4. The predicted molar refractivity (Wildman–Crippen MR) is 134 cm³/mol. The van der Waals surface area contributed by atoms with E-state index in [1.165, 1.54) is 11.1 Å². The predicted octanol–water partition coefficient (Wildman–Crippen LogP) is 6.12. The fourth-order valence-corrected chi connectivity index (χ4v) is 10.0. The van der Waals surface area contributed by atoms with Gasteiger partial charge in [0.05, 0.1) is 17.6 Å². The van der Waals surface area contributed by atoms with Crippen LogP contribution in [-0.4, -0.2) is 33.5 Å². The number of hydrogen-bond acceptors (Lipinski definition) is 3. The number of fused-ring (bicyclic) bond motifs is 7. The van der Waals surface area contributed by atoms with Crippen LogP contribution < -0.4 is 0 Å². The van der Waals surface area contributed by atoms with Crippen molar-refractivity contribution in [1.82, 2.24) is 0 Å². The number of aliphatic hydroxyl groups excluding tert-OH is 2. The first-order chi connectivity index (χ1) is 15.6. The lowest BCUT2D eigenvalue weighted by Crippen LogP contribution is -2.63. The number of carboxylic acid groups (broad SMARTS) is 1. The average Bonchev–Trinajstić information content (AvgIpc) is 2.72. The van der Waals surface area contributed by atoms with Gasteiger partial charge < -0.3 is 15.3 Å². The highest BCUT2D eigenvalue weighted by Gasteiger charge is 2.68. The number of aliphatic carboxylic acids is 1. The van der Waals surface area contributed by atoms with Crippen LogP contribution >= 0.6 is 0 Å². The quantitative estimate of drug-likeness (QED) is 0.403. The van der Waals surface area contributed by atoms with Gasteiger partial charge in [0.15, 0.2) is 0 Å². The maximum atomic E-state index is 12.8. The smallest absolute Gasteiger partial charge is 0.310 e. The Labute approximate surface area is 205 Å². The normalized spacial score (nSPS) is 51.1. The highest BCUT2D eigenvalue weighted by atomic mass is 16.4. The van der Waals surface area contributed by atoms with Gasteiger partial charge in [0.1, 0.15) is 0 Å². The van der Waals surface area contributed by atoms with Crippen LogP contribution in [0.25, 0.3) is 0 Å². The summed E-state index contributed by atoms with van der Waals surface area (Å²) in [5.74, 6) is -0.116.